The Labute approximate surface area is 145 Å². The van der Waals surface area contributed by atoms with Crippen molar-refractivity contribution in [2.75, 3.05) is 6.54 Å². The van der Waals surface area contributed by atoms with Crippen LogP contribution in [0.25, 0.3) is 0 Å². The summed E-state index contributed by atoms with van der Waals surface area (Å²) in [6.45, 7) is 3.08. The molecule has 1 saturated carbocycles. The first-order chi connectivity index (χ1) is 11.1. The number of aromatic nitrogens is 2. The topological polar surface area (TPSA) is 46.9 Å². The summed E-state index contributed by atoms with van der Waals surface area (Å²) < 4.78 is 1.68. The number of nitrogens with one attached hydrogen (secondary N) is 1. The molecule has 0 radical (unpaired) electrons. The average Bonchev–Trinajstić information content (AvgIpc) is 3.33. The Bertz CT molecular complexity index is 699. The van der Waals surface area contributed by atoms with Crippen LogP contribution < -0.4 is 5.32 Å². The highest BCUT2D eigenvalue weighted by Gasteiger charge is 2.43. The molecule has 0 saturated heterocycles. The molecule has 1 aromatic heterocycles. The molecule has 1 fully saturated rings. The van der Waals surface area contributed by atoms with Crippen molar-refractivity contribution in [1.29, 1.82) is 0 Å². The predicted molar refractivity (Wildman–Crippen MR) is 91.9 cm³/mol. The molecule has 1 aliphatic carbocycles. The average molecular weight is 352 g/mol. The number of hydrogen-bond donors (Lipinski definition) is 1. The molecular formula is C17H19Cl2N3O. The molecule has 4 nitrogen and oxygen atoms in total. The summed E-state index contributed by atoms with van der Waals surface area (Å²) >= 11 is 12.1. The van der Waals surface area contributed by atoms with Gasteiger partial charge in [-0.25, -0.2) is 0 Å². The molecule has 2 unspecified atom stereocenters. The third-order valence-electron chi connectivity index (χ3n) is 4.20. The Morgan fingerprint density at radius 3 is 2.74 bits per heavy atom. The number of hydrogen-bond acceptors (Lipinski definition) is 2. The molecule has 23 heavy (non-hydrogen) atoms. The lowest BCUT2D eigenvalue weighted by Crippen LogP contribution is -2.27. The molecule has 1 N–H and O–H groups in total. The van der Waals surface area contributed by atoms with E-state index < -0.39 is 0 Å². The van der Waals surface area contributed by atoms with Gasteiger partial charge in [-0.1, -0.05) is 53.5 Å². The molecule has 1 aromatic carbocycles. The molecule has 122 valence electrons. The van der Waals surface area contributed by atoms with Crippen molar-refractivity contribution in [3.63, 3.8) is 0 Å². The Morgan fingerprint density at radius 1 is 1.35 bits per heavy atom. The summed E-state index contributed by atoms with van der Waals surface area (Å²) in [5.74, 6) is 0.625. The predicted octanol–water partition coefficient (Wildman–Crippen LogP) is 3.81. The molecule has 0 aliphatic heterocycles. The van der Waals surface area contributed by atoms with Gasteiger partial charge in [-0.05, 0) is 31.2 Å². The van der Waals surface area contributed by atoms with Crippen molar-refractivity contribution in [3.8, 4) is 0 Å². The van der Waals surface area contributed by atoms with E-state index in [2.05, 4.69) is 22.5 Å². The number of amides is 1. The molecule has 1 heterocycles. The Hall–Kier alpha value is -1.52. The second-order valence-electron chi connectivity index (χ2n) is 5.92. The van der Waals surface area contributed by atoms with Crippen LogP contribution >= 0.6 is 23.2 Å². The molecular weight excluding hydrogens is 333 g/mol. The number of rotatable bonds is 6. The van der Waals surface area contributed by atoms with E-state index in [1.54, 1.807) is 4.68 Å². The maximum absolute atomic E-state index is 12.1. The van der Waals surface area contributed by atoms with Crippen LogP contribution in [-0.2, 0) is 11.3 Å². The second kappa shape index (κ2) is 6.93. The molecule has 2 atom stereocenters. The van der Waals surface area contributed by atoms with Gasteiger partial charge >= 0.3 is 0 Å². The minimum absolute atomic E-state index is 0.113. The molecule has 0 bridgehead atoms. The van der Waals surface area contributed by atoms with E-state index in [1.165, 1.54) is 5.56 Å². The van der Waals surface area contributed by atoms with Crippen LogP contribution in [0.3, 0.4) is 0 Å². The minimum Gasteiger partial charge on any atom is -0.356 e. The van der Waals surface area contributed by atoms with Crippen LogP contribution in [0.2, 0.25) is 10.2 Å². The van der Waals surface area contributed by atoms with E-state index in [9.17, 15) is 4.79 Å². The fraction of sp³-hybridized carbons (Fsp3) is 0.412. The summed E-state index contributed by atoms with van der Waals surface area (Å²) in [5.41, 5.74) is 1.98. The highest BCUT2D eigenvalue weighted by Crippen LogP contribution is 2.47. The van der Waals surface area contributed by atoms with Crippen molar-refractivity contribution >= 4 is 29.1 Å². The highest BCUT2D eigenvalue weighted by atomic mass is 35.5. The summed E-state index contributed by atoms with van der Waals surface area (Å²) in [4.78, 5) is 12.1. The van der Waals surface area contributed by atoms with Gasteiger partial charge in [0.25, 0.3) is 0 Å². The Morgan fingerprint density at radius 2 is 2.09 bits per heavy atom. The summed E-state index contributed by atoms with van der Waals surface area (Å²) in [7, 11) is 0. The lowest BCUT2D eigenvalue weighted by Gasteiger charge is -2.06. The number of carbonyl (C=O) groups is 1. The van der Waals surface area contributed by atoms with Gasteiger partial charge in [-0.15, -0.1) is 0 Å². The van der Waals surface area contributed by atoms with Gasteiger partial charge in [-0.3, -0.25) is 9.48 Å². The second-order valence-corrected chi connectivity index (χ2v) is 6.65. The van der Waals surface area contributed by atoms with Crippen molar-refractivity contribution in [2.45, 2.75) is 32.2 Å². The zero-order valence-electron chi connectivity index (χ0n) is 12.9. The number of halogens is 2. The van der Waals surface area contributed by atoms with Gasteiger partial charge in [0.15, 0.2) is 0 Å². The molecule has 1 amide bonds. The van der Waals surface area contributed by atoms with Crippen LogP contribution in [0.1, 0.15) is 30.0 Å². The third-order valence-corrected chi connectivity index (χ3v) is 5.13. The van der Waals surface area contributed by atoms with Gasteiger partial charge in [0.2, 0.25) is 5.91 Å². The standard InChI is InChI=1S/C17H19Cl2N3O/c1-11-15(18)16(19)22(21-11)9-5-8-20-17(23)14-10-13(14)12-6-3-2-4-7-12/h2-4,6-7,13-14H,5,8-10H2,1H3,(H,20,23). The highest BCUT2D eigenvalue weighted by molar-refractivity contribution is 6.41. The minimum atomic E-state index is 0.113. The number of benzene rings is 1. The van der Waals surface area contributed by atoms with Crippen molar-refractivity contribution in [3.05, 3.63) is 51.8 Å². The fourth-order valence-electron chi connectivity index (χ4n) is 2.80. The fourth-order valence-corrected chi connectivity index (χ4v) is 3.20. The van der Waals surface area contributed by atoms with Gasteiger partial charge in [0.1, 0.15) is 10.2 Å². The van der Waals surface area contributed by atoms with Gasteiger partial charge < -0.3 is 5.32 Å². The van der Waals surface area contributed by atoms with E-state index in [4.69, 9.17) is 23.2 Å². The lowest BCUT2D eigenvalue weighted by atomic mass is 10.1. The van der Waals surface area contributed by atoms with Gasteiger partial charge in [0, 0.05) is 19.0 Å². The van der Waals surface area contributed by atoms with Crippen molar-refractivity contribution < 1.29 is 4.79 Å². The zero-order chi connectivity index (χ0) is 16.4. The normalized spacial score (nSPS) is 19.6. The summed E-state index contributed by atoms with van der Waals surface area (Å²) in [6.07, 6.45) is 1.71. The van der Waals surface area contributed by atoms with E-state index in [0.29, 0.717) is 29.2 Å². The molecule has 3 rings (SSSR count). The first-order valence-electron chi connectivity index (χ1n) is 7.79. The maximum Gasteiger partial charge on any atom is 0.223 e. The third kappa shape index (κ3) is 3.70. The van der Waals surface area contributed by atoms with Crippen LogP contribution in [-0.4, -0.2) is 22.2 Å². The SMILES string of the molecule is Cc1nn(CCCNC(=O)C2CC2c2ccccc2)c(Cl)c1Cl. The molecule has 2 aromatic rings. The van der Waals surface area contributed by atoms with Gasteiger partial charge in [0.05, 0.1) is 5.69 Å². The van der Waals surface area contributed by atoms with Crippen LogP contribution in [0.5, 0.6) is 0 Å². The number of aryl methyl sites for hydroxylation is 2. The largest absolute Gasteiger partial charge is 0.356 e. The molecule has 6 heteroatoms. The first-order valence-corrected chi connectivity index (χ1v) is 8.54. The number of nitrogens with zero attached hydrogens (tertiary/aromatic N) is 2. The van der Waals surface area contributed by atoms with Crippen LogP contribution in [0, 0.1) is 12.8 Å². The van der Waals surface area contributed by atoms with E-state index in [1.807, 2.05) is 25.1 Å². The summed E-state index contributed by atoms with van der Waals surface area (Å²) in [5, 5.41) is 8.22. The van der Waals surface area contributed by atoms with Crippen molar-refractivity contribution in [2.24, 2.45) is 5.92 Å². The lowest BCUT2D eigenvalue weighted by molar-refractivity contribution is -0.122. The molecule has 1 aliphatic rings. The Balaban J connectivity index is 1.41. The zero-order valence-corrected chi connectivity index (χ0v) is 14.4. The van der Waals surface area contributed by atoms with Crippen molar-refractivity contribution in [1.82, 2.24) is 15.1 Å². The smallest absolute Gasteiger partial charge is 0.223 e. The van der Waals surface area contributed by atoms with E-state index in [-0.39, 0.29) is 11.8 Å². The van der Waals surface area contributed by atoms with E-state index in [0.717, 1.165) is 18.5 Å². The summed E-state index contributed by atoms with van der Waals surface area (Å²) in [6, 6.07) is 10.2. The Kier molecular flexibility index (Phi) is 4.93. The monoisotopic (exact) mass is 351 g/mol. The van der Waals surface area contributed by atoms with E-state index >= 15 is 0 Å². The first kappa shape index (κ1) is 16.3. The quantitative estimate of drug-likeness (QED) is 0.804. The maximum atomic E-state index is 12.1. The van der Waals surface area contributed by atoms with Gasteiger partial charge in [-0.2, -0.15) is 5.10 Å². The molecule has 0 spiro atoms. The van der Waals surface area contributed by atoms with Crippen LogP contribution in [0.15, 0.2) is 30.3 Å². The van der Waals surface area contributed by atoms with Crippen LogP contribution in [0.4, 0.5) is 0 Å². The number of carbonyl (C=O) groups excluding carboxylic acids is 1.